The first-order chi connectivity index (χ1) is 17.9. The van der Waals surface area contributed by atoms with Gasteiger partial charge in [-0.25, -0.2) is 4.79 Å². The zero-order valence-corrected chi connectivity index (χ0v) is 22.3. The van der Waals surface area contributed by atoms with Gasteiger partial charge in [-0.15, -0.1) is 0 Å². The Hall–Kier alpha value is -2.28. The standard InChI is InChI=1S/C30H38ClNO5/c1-2-5-19-14-23(31)9-11-24(19)22-17-32(16-21-7-10-25(21)27-6-3-4-13-36-27)26-15-20(29(33)30(34)35)8-12-28(26)37-18-22/h8-9,11-12,14-15,21-22,25,27,29,33H,2-7,10,13,16-18H2,1H3,(H,34,35). The molecule has 7 heteroatoms. The van der Waals surface area contributed by atoms with Crippen molar-refractivity contribution in [1.82, 2.24) is 0 Å². The predicted octanol–water partition coefficient (Wildman–Crippen LogP) is 5.99. The van der Waals surface area contributed by atoms with E-state index in [1.807, 2.05) is 12.1 Å². The van der Waals surface area contributed by atoms with Gasteiger partial charge < -0.3 is 24.6 Å². The Kier molecular flexibility index (Phi) is 8.28. The van der Waals surface area contributed by atoms with Crippen LogP contribution in [0.5, 0.6) is 5.75 Å². The number of rotatable bonds is 8. The van der Waals surface area contributed by atoms with Crippen LogP contribution in [0.3, 0.4) is 0 Å². The molecule has 2 fully saturated rings. The summed E-state index contributed by atoms with van der Waals surface area (Å²) in [7, 11) is 0. The van der Waals surface area contributed by atoms with E-state index in [0.29, 0.717) is 30.1 Å². The lowest BCUT2D eigenvalue weighted by Crippen LogP contribution is -2.45. The molecule has 1 saturated carbocycles. The van der Waals surface area contributed by atoms with E-state index < -0.39 is 12.1 Å². The number of aliphatic hydroxyl groups is 1. The third kappa shape index (κ3) is 5.76. The van der Waals surface area contributed by atoms with Crippen LogP contribution in [-0.4, -0.2) is 48.6 Å². The van der Waals surface area contributed by atoms with Gasteiger partial charge in [-0.05, 0) is 91.3 Å². The van der Waals surface area contributed by atoms with E-state index in [1.165, 1.54) is 30.4 Å². The number of carboxylic acid groups (broad SMARTS) is 1. The highest BCUT2D eigenvalue weighted by atomic mass is 35.5. The Balaban J connectivity index is 1.46. The van der Waals surface area contributed by atoms with Crippen molar-refractivity contribution in [1.29, 1.82) is 0 Å². The number of hydrogen-bond donors (Lipinski definition) is 2. The first kappa shape index (κ1) is 26.3. The van der Waals surface area contributed by atoms with E-state index >= 15 is 0 Å². The van der Waals surface area contributed by atoms with Crippen LogP contribution in [0.4, 0.5) is 5.69 Å². The average molecular weight is 528 g/mol. The quantitative estimate of drug-likeness (QED) is 0.439. The lowest BCUT2D eigenvalue weighted by Gasteiger charge is -2.45. The maximum Gasteiger partial charge on any atom is 0.337 e. The first-order valence-electron chi connectivity index (χ1n) is 13.8. The van der Waals surface area contributed by atoms with Gasteiger partial charge in [-0.3, -0.25) is 0 Å². The zero-order chi connectivity index (χ0) is 25.9. The van der Waals surface area contributed by atoms with Gasteiger partial charge >= 0.3 is 5.97 Å². The predicted molar refractivity (Wildman–Crippen MR) is 145 cm³/mol. The molecular weight excluding hydrogens is 490 g/mol. The van der Waals surface area contributed by atoms with Crippen molar-refractivity contribution in [3.8, 4) is 5.75 Å². The number of carboxylic acids is 1. The van der Waals surface area contributed by atoms with E-state index in [4.69, 9.17) is 21.1 Å². The molecule has 3 aliphatic rings. The Morgan fingerprint density at radius 1 is 1.16 bits per heavy atom. The van der Waals surface area contributed by atoms with Gasteiger partial charge in [0.05, 0.1) is 18.4 Å². The SMILES string of the molecule is CCCc1cc(Cl)ccc1C1COc2ccc(C(O)C(=O)O)cc2N(CC2CCC2C2CCCCO2)C1. The van der Waals surface area contributed by atoms with Crippen LogP contribution in [0.15, 0.2) is 36.4 Å². The molecular formula is C30H38ClNO5. The van der Waals surface area contributed by atoms with Gasteiger partial charge in [0.25, 0.3) is 0 Å². The average Bonchev–Trinajstić information content (AvgIpc) is 3.06. The van der Waals surface area contributed by atoms with E-state index in [-0.39, 0.29) is 5.92 Å². The van der Waals surface area contributed by atoms with Crippen LogP contribution < -0.4 is 9.64 Å². The van der Waals surface area contributed by atoms with Crippen LogP contribution >= 0.6 is 11.6 Å². The lowest BCUT2D eigenvalue weighted by molar-refractivity contribution is -0.146. The van der Waals surface area contributed by atoms with Gasteiger partial charge in [0, 0.05) is 30.6 Å². The van der Waals surface area contributed by atoms with Gasteiger partial charge in [-0.2, -0.15) is 0 Å². The Labute approximate surface area is 224 Å². The maximum atomic E-state index is 11.5. The highest BCUT2D eigenvalue weighted by molar-refractivity contribution is 6.30. The molecule has 2 aromatic carbocycles. The van der Waals surface area contributed by atoms with Crippen molar-refractivity contribution in [2.75, 3.05) is 31.2 Å². The van der Waals surface area contributed by atoms with Crippen molar-refractivity contribution in [2.45, 2.75) is 70.0 Å². The number of fused-ring (bicyclic) bond motifs is 1. The summed E-state index contributed by atoms with van der Waals surface area (Å²) >= 11 is 6.36. The van der Waals surface area contributed by atoms with Crippen molar-refractivity contribution >= 4 is 23.3 Å². The third-order valence-corrected chi connectivity index (χ3v) is 8.68. The van der Waals surface area contributed by atoms with E-state index in [1.54, 1.807) is 12.1 Å². The molecule has 5 rings (SSSR count). The molecule has 6 nitrogen and oxygen atoms in total. The molecule has 0 spiro atoms. The summed E-state index contributed by atoms with van der Waals surface area (Å²) in [6, 6.07) is 11.4. The molecule has 5 unspecified atom stereocenters. The van der Waals surface area contributed by atoms with Crippen molar-refractivity contribution in [2.24, 2.45) is 11.8 Å². The van der Waals surface area contributed by atoms with Crippen LogP contribution in [0.25, 0.3) is 0 Å². The van der Waals surface area contributed by atoms with Crippen LogP contribution in [0.1, 0.15) is 74.2 Å². The number of halogens is 1. The van der Waals surface area contributed by atoms with E-state index in [0.717, 1.165) is 61.8 Å². The highest BCUT2D eigenvalue weighted by Gasteiger charge is 2.40. The molecule has 1 saturated heterocycles. The summed E-state index contributed by atoms with van der Waals surface area (Å²) in [6.45, 7) is 5.19. The summed E-state index contributed by atoms with van der Waals surface area (Å²) in [5, 5.41) is 20.4. The fourth-order valence-electron chi connectivity index (χ4n) is 6.34. The highest BCUT2D eigenvalue weighted by Crippen LogP contribution is 2.44. The second-order valence-corrected chi connectivity index (χ2v) is 11.3. The number of hydrogen-bond acceptors (Lipinski definition) is 5. The number of aliphatic carboxylic acids is 1. The number of benzene rings is 2. The topological polar surface area (TPSA) is 79.2 Å². The number of carbonyl (C=O) groups is 1. The Morgan fingerprint density at radius 2 is 2.03 bits per heavy atom. The molecule has 0 aromatic heterocycles. The number of ether oxygens (including phenoxy) is 2. The molecule has 5 atom stereocenters. The summed E-state index contributed by atoms with van der Waals surface area (Å²) < 4.78 is 12.5. The zero-order valence-electron chi connectivity index (χ0n) is 21.6. The second kappa shape index (κ2) is 11.6. The molecule has 2 aliphatic heterocycles. The monoisotopic (exact) mass is 527 g/mol. The first-order valence-corrected chi connectivity index (χ1v) is 14.1. The van der Waals surface area contributed by atoms with Gasteiger partial charge in [0.1, 0.15) is 5.75 Å². The number of nitrogens with zero attached hydrogens (tertiary/aromatic N) is 1. The molecule has 2 heterocycles. The normalized spacial score (nSPS) is 26.4. The van der Waals surface area contributed by atoms with Crippen molar-refractivity contribution in [3.63, 3.8) is 0 Å². The lowest BCUT2D eigenvalue weighted by atomic mass is 9.69. The number of aliphatic hydroxyl groups excluding tert-OH is 1. The van der Waals surface area contributed by atoms with E-state index in [2.05, 4.69) is 24.0 Å². The molecule has 37 heavy (non-hydrogen) atoms. The fourth-order valence-corrected chi connectivity index (χ4v) is 6.54. The molecule has 2 N–H and O–H groups in total. The third-order valence-electron chi connectivity index (χ3n) is 8.44. The minimum absolute atomic E-state index is 0.142. The summed E-state index contributed by atoms with van der Waals surface area (Å²) in [5.74, 6) is 0.703. The van der Waals surface area contributed by atoms with Crippen LogP contribution in [0, 0.1) is 11.8 Å². The van der Waals surface area contributed by atoms with Crippen molar-refractivity contribution < 1.29 is 24.5 Å². The molecule has 1 aliphatic carbocycles. The molecule has 0 amide bonds. The molecule has 200 valence electrons. The van der Waals surface area contributed by atoms with Crippen molar-refractivity contribution in [3.05, 3.63) is 58.1 Å². The minimum Gasteiger partial charge on any atom is -0.491 e. The fraction of sp³-hybridized carbons (Fsp3) is 0.567. The smallest absolute Gasteiger partial charge is 0.337 e. The van der Waals surface area contributed by atoms with Crippen LogP contribution in [0.2, 0.25) is 5.02 Å². The van der Waals surface area contributed by atoms with Gasteiger partial charge in [-0.1, -0.05) is 37.1 Å². The van der Waals surface area contributed by atoms with Gasteiger partial charge in [0.15, 0.2) is 6.10 Å². The summed E-state index contributed by atoms with van der Waals surface area (Å²) in [6.07, 6.45) is 6.68. The largest absolute Gasteiger partial charge is 0.491 e. The number of anilines is 1. The number of aryl methyl sites for hydroxylation is 1. The second-order valence-electron chi connectivity index (χ2n) is 10.9. The van der Waals surface area contributed by atoms with Crippen LogP contribution in [-0.2, 0) is 16.0 Å². The summed E-state index contributed by atoms with van der Waals surface area (Å²) in [5.41, 5.74) is 3.75. The maximum absolute atomic E-state index is 11.5. The van der Waals surface area contributed by atoms with Gasteiger partial charge in [0.2, 0.25) is 0 Å². The Bertz CT molecular complexity index is 1100. The Morgan fingerprint density at radius 3 is 2.73 bits per heavy atom. The molecule has 0 radical (unpaired) electrons. The van der Waals surface area contributed by atoms with E-state index in [9.17, 15) is 15.0 Å². The summed E-state index contributed by atoms with van der Waals surface area (Å²) in [4.78, 5) is 13.9. The molecule has 0 bridgehead atoms. The molecule has 2 aromatic rings. The minimum atomic E-state index is -1.56.